The summed E-state index contributed by atoms with van der Waals surface area (Å²) in [6.45, 7) is 2.01. The molecule has 31 heavy (non-hydrogen) atoms. The molecule has 0 radical (unpaired) electrons. The number of aryl methyl sites for hydroxylation is 1. The highest BCUT2D eigenvalue weighted by Crippen LogP contribution is 2.54. The van der Waals surface area contributed by atoms with E-state index in [4.69, 9.17) is 14.6 Å². The fraction of sp³-hybridized carbons (Fsp3) is 0.200. The van der Waals surface area contributed by atoms with Gasteiger partial charge in [0.15, 0.2) is 0 Å². The van der Waals surface area contributed by atoms with Gasteiger partial charge in [0, 0.05) is 12.0 Å². The summed E-state index contributed by atoms with van der Waals surface area (Å²) in [7, 11) is 1.65. The Labute approximate surface area is 180 Å². The first-order valence-corrected chi connectivity index (χ1v) is 10.3. The first-order valence-electron chi connectivity index (χ1n) is 10.3. The number of para-hydroxylation sites is 1. The zero-order valence-electron chi connectivity index (χ0n) is 17.3. The summed E-state index contributed by atoms with van der Waals surface area (Å²) in [5.41, 5.74) is 4.26. The van der Waals surface area contributed by atoms with Crippen molar-refractivity contribution in [1.29, 1.82) is 0 Å². The van der Waals surface area contributed by atoms with Crippen molar-refractivity contribution in [3.8, 4) is 11.5 Å². The van der Waals surface area contributed by atoms with Crippen LogP contribution in [0.4, 0.5) is 5.69 Å². The van der Waals surface area contributed by atoms with Gasteiger partial charge in [0.2, 0.25) is 0 Å². The Morgan fingerprint density at radius 2 is 1.94 bits per heavy atom. The van der Waals surface area contributed by atoms with Gasteiger partial charge in [-0.25, -0.2) is 5.01 Å². The minimum Gasteiger partial charge on any atom is -0.497 e. The molecule has 1 amide bonds. The lowest BCUT2D eigenvalue weighted by Gasteiger charge is -2.44. The van der Waals surface area contributed by atoms with Crippen LogP contribution in [0.25, 0.3) is 0 Å². The van der Waals surface area contributed by atoms with Crippen LogP contribution in [-0.4, -0.2) is 23.7 Å². The molecule has 3 heterocycles. The third kappa shape index (κ3) is 2.45. The molecule has 6 rings (SSSR count). The van der Waals surface area contributed by atoms with E-state index in [2.05, 4.69) is 11.4 Å². The van der Waals surface area contributed by atoms with Gasteiger partial charge in [-0.2, -0.15) is 5.10 Å². The fourth-order valence-electron chi connectivity index (χ4n) is 4.76. The van der Waals surface area contributed by atoms with E-state index in [1.54, 1.807) is 7.11 Å². The summed E-state index contributed by atoms with van der Waals surface area (Å²) in [5.74, 6) is 1.30. The fourth-order valence-corrected chi connectivity index (χ4v) is 4.76. The predicted molar refractivity (Wildman–Crippen MR) is 117 cm³/mol. The SMILES string of the molecule is COc1ccc(C2=NN3C(C2)c2ccccc2OC32C(=O)Nc3ccc(C)cc32)cc1. The molecule has 0 aliphatic carbocycles. The van der Waals surface area contributed by atoms with Crippen LogP contribution < -0.4 is 14.8 Å². The van der Waals surface area contributed by atoms with Crippen LogP contribution in [0.5, 0.6) is 11.5 Å². The maximum absolute atomic E-state index is 13.4. The molecule has 3 aromatic carbocycles. The summed E-state index contributed by atoms with van der Waals surface area (Å²) in [6.07, 6.45) is 0.683. The van der Waals surface area contributed by atoms with Crippen LogP contribution in [0.3, 0.4) is 0 Å². The van der Waals surface area contributed by atoms with Crippen LogP contribution in [0.2, 0.25) is 0 Å². The Morgan fingerprint density at radius 3 is 2.74 bits per heavy atom. The Hall–Kier alpha value is -3.80. The van der Waals surface area contributed by atoms with Gasteiger partial charge in [0.1, 0.15) is 11.5 Å². The number of hydrogen-bond acceptors (Lipinski definition) is 5. The molecule has 3 aromatic rings. The van der Waals surface area contributed by atoms with Crippen LogP contribution >= 0.6 is 0 Å². The van der Waals surface area contributed by atoms with E-state index >= 15 is 0 Å². The Kier molecular flexibility index (Phi) is 3.69. The van der Waals surface area contributed by atoms with Crippen molar-refractivity contribution in [2.45, 2.75) is 25.1 Å². The second-order valence-electron chi connectivity index (χ2n) is 8.13. The summed E-state index contributed by atoms with van der Waals surface area (Å²) >= 11 is 0. The number of fused-ring (bicyclic) bond motifs is 6. The average molecular weight is 411 g/mol. The van der Waals surface area contributed by atoms with Crippen molar-refractivity contribution in [2.75, 3.05) is 12.4 Å². The van der Waals surface area contributed by atoms with Gasteiger partial charge in [0.25, 0.3) is 5.91 Å². The molecule has 3 aliphatic rings. The number of rotatable bonds is 2. The van der Waals surface area contributed by atoms with Crippen LogP contribution in [-0.2, 0) is 10.5 Å². The number of benzene rings is 3. The third-order valence-electron chi connectivity index (χ3n) is 6.29. The number of ether oxygens (including phenoxy) is 2. The standard InChI is InChI=1S/C25H21N3O3/c1-15-7-12-20-19(13-15)25(24(29)26-20)28-22(18-5-3-4-6-23(18)31-25)14-21(27-28)16-8-10-17(30-2)11-9-16/h3-13,22H,14H2,1-2H3,(H,26,29). The van der Waals surface area contributed by atoms with Crippen LogP contribution in [0, 0.1) is 6.92 Å². The first-order chi connectivity index (χ1) is 15.1. The normalized spacial score (nSPS) is 22.9. The molecule has 3 aliphatic heterocycles. The highest BCUT2D eigenvalue weighted by molar-refractivity contribution is 6.07. The van der Waals surface area contributed by atoms with E-state index in [-0.39, 0.29) is 11.9 Å². The van der Waals surface area contributed by atoms with Crippen LogP contribution in [0.1, 0.15) is 34.7 Å². The van der Waals surface area contributed by atoms with Crippen LogP contribution in [0.15, 0.2) is 71.8 Å². The number of methoxy groups -OCH3 is 1. The topological polar surface area (TPSA) is 63.2 Å². The van der Waals surface area contributed by atoms with Crippen molar-refractivity contribution < 1.29 is 14.3 Å². The van der Waals surface area contributed by atoms with E-state index in [0.717, 1.165) is 45.2 Å². The highest BCUT2D eigenvalue weighted by Gasteiger charge is 2.60. The Morgan fingerprint density at radius 1 is 1.13 bits per heavy atom. The molecular formula is C25H21N3O3. The van der Waals surface area contributed by atoms with E-state index in [0.29, 0.717) is 6.42 Å². The van der Waals surface area contributed by atoms with Gasteiger partial charge in [-0.05, 0) is 55.0 Å². The summed E-state index contributed by atoms with van der Waals surface area (Å²) in [6, 6.07) is 21.6. The van der Waals surface area contributed by atoms with E-state index in [9.17, 15) is 4.79 Å². The van der Waals surface area contributed by atoms with Crippen molar-refractivity contribution in [3.63, 3.8) is 0 Å². The first kappa shape index (κ1) is 18.0. The maximum Gasteiger partial charge on any atom is 0.306 e. The molecule has 2 atom stereocenters. The smallest absolute Gasteiger partial charge is 0.306 e. The molecule has 0 aromatic heterocycles. The minimum atomic E-state index is -1.32. The molecule has 6 heteroatoms. The number of hydrogen-bond donors (Lipinski definition) is 1. The highest BCUT2D eigenvalue weighted by atomic mass is 16.5. The molecule has 0 saturated carbocycles. The third-order valence-corrected chi connectivity index (χ3v) is 6.29. The van der Waals surface area contributed by atoms with Gasteiger partial charge in [-0.3, -0.25) is 4.79 Å². The molecule has 1 spiro atoms. The number of nitrogens with zero attached hydrogens (tertiary/aromatic N) is 2. The van der Waals surface area contributed by atoms with Gasteiger partial charge in [-0.1, -0.05) is 29.8 Å². The molecule has 1 N–H and O–H groups in total. The van der Waals surface area contributed by atoms with Crippen molar-refractivity contribution in [1.82, 2.24) is 5.01 Å². The van der Waals surface area contributed by atoms with Gasteiger partial charge in [-0.15, -0.1) is 0 Å². The Balaban J connectivity index is 1.54. The number of anilines is 1. The second kappa shape index (κ2) is 6.35. The van der Waals surface area contributed by atoms with Gasteiger partial charge in [0.05, 0.1) is 30.1 Å². The minimum absolute atomic E-state index is 0.0979. The number of nitrogens with one attached hydrogen (secondary N) is 1. The lowest BCUT2D eigenvalue weighted by Crippen LogP contribution is -2.55. The summed E-state index contributed by atoms with van der Waals surface area (Å²) in [5, 5.41) is 9.84. The average Bonchev–Trinajstić information content (AvgIpc) is 3.35. The number of hydrazone groups is 1. The molecule has 2 unspecified atom stereocenters. The molecular weight excluding hydrogens is 390 g/mol. The molecule has 6 nitrogen and oxygen atoms in total. The summed E-state index contributed by atoms with van der Waals surface area (Å²) < 4.78 is 11.8. The number of carbonyl (C=O) groups is 1. The van der Waals surface area contributed by atoms with E-state index in [1.807, 2.05) is 72.6 Å². The number of amides is 1. The zero-order chi connectivity index (χ0) is 21.2. The lowest BCUT2D eigenvalue weighted by molar-refractivity contribution is -0.161. The molecule has 0 saturated heterocycles. The molecule has 154 valence electrons. The molecule has 0 fully saturated rings. The summed E-state index contributed by atoms with van der Waals surface area (Å²) in [4.78, 5) is 13.4. The lowest BCUT2D eigenvalue weighted by atomic mass is 9.92. The quantitative estimate of drug-likeness (QED) is 0.681. The van der Waals surface area contributed by atoms with Crippen molar-refractivity contribution in [3.05, 3.63) is 89.0 Å². The van der Waals surface area contributed by atoms with Gasteiger partial charge >= 0.3 is 5.72 Å². The largest absolute Gasteiger partial charge is 0.497 e. The maximum atomic E-state index is 13.4. The predicted octanol–water partition coefficient (Wildman–Crippen LogP) is 4.35. The monoisotopic (exact) mass is 411 g/mol. The second-order valence-corrected chi connectivity index (χ2v) is 8.13. The molecule has 0 bridgehead atoms. The van der Waals surface area contributed by atoms with E-state index < -0.39 is 5.72 Å². The van der Waals surface area contributed by atoms with E-state index in [1.165, 1.54) is 0 Å². The zero-order valence-corrected chi connectivity index (χ0v) is 17.3. The van der Waals surface area contributed by atoms with Crippen molar-refractivity contribution >= 4 is 17.3 Å². The van der Waals surface area contributed by atoms with Gasteiger partial charge < -0.3 is 14.8 Å². The Bertz CT molecular complexity index is 1250. The van der Waals surface area contributed by atoms with Crippen molar-refractivity contribution in [2.24, 2.45) is 5.10 Å². The number of carbonyl (C=O) groups excluding carboxylic acids is 1.